The summed E-state index contributed by atoms with van der Waals surface area (Å²) >= 11 is 0. The largest absolute Gasteiger partial charge is 0.396 e. The number of rotatable bonds is 4. The van der Waals surface area contributed by atoms with Crippen molar-refractivity contribution in [3.8, 4) is 0 Å². The third kappa shape index (κ3) is 3.14. The first-order valence-corrected chi connectivity index (χ1v) is 5.96. The molecule has 2 nitrogen and oxygen atoms in total. The van der Waals surface area contributed by atoms with Crippen LogP contribution in [0.2, 0.25) is 0 Å². The van der Waals surface area contributed by atoms with Crippen LogP contribution in [0.3, 0.4) is 0 Å². The molecule has 0 spiro atoms. The van der Waals surface area contributed by atoms with Crippen molar-refractivity contribution in [2.75, 3.05) is 6.61 Å². The second-order valence-corrected chi connectivity index (χ2v) is 4.62. The number of halogens is 1. The van der Waals surface area contributed by atoms with Crippen molar-refractivity contribution < 1.29 is 9.50 Å². The number of nitrogens with one attached hydrogen (secondary N) is 1. The predicted molar refractivity (Wildman–Crippen MR) is 66.1 cm³/mol. The molecule has 17 heavy (non-hydrogen) atoms. The number of hydrogen-bond donors (Lipinski definition) is 2. The zero-order chi connectivity index (χ0) is 12.3. The maximum absolute atomic E-state index is 12.9. The minimum Gasteiger partial charge on any atom is -0.396 e. The molecule has 0 unspecified atom stereocenters. The van der Waals surface area contributed by atoms with Crippen LogP contribution in [0, 0.1) is 18.7 Å². The maximum atomic E-state index is 12.9. The van der Waals surface area contributed by atoms with Crippen molar-refractivity contribution >= 4 is 0 Å². The highest BCUT2D eigenvalue weighted by molar-refractivity contribution is 5.26. The number of aliphatic hydroxyl groups excluding tert-OH is 1. The molecule has 0 aromatic heterocycles. The highest BCUT2D eigenvalue weighted by Gasteiger charge is 2.17. The van der Waals surface area contributed by atoms with Crippen LogP contribution in [0.15, 0.2) is 30.4 Å². The number of hydrogen-bond acceptors (Lipinski definition) is 2. The van der Waals surface area contributed by atoms with Gasteiger partial charge in [0.05, 0.1) is 0 Å². The molecule has 1 aliphatic carbocycles. The Hall–Kier alpha value is -1.19. The van der Waals surface area contributed by atoms with Gasteiger partial charge in [-0.05, 0) is 36.6 Å². The summed E-state index contributed by atoms with van der Waals surface area (Å²) in [6.45, 7) is 2.87. The molecule has 2 N–H and O–H groups in total. The molecule has 1 aromatic carbocycles. The van der Waals surface area contributed by atoms with Crippen LogP contribution in [-0.2, 0) is 6.54 Å². The van der Waals surface area contributed by atoms with E-state index in [9.17, 15) is 4.39 Å². The fourth-order valence-electron chi connectivity index (χ4n) is 2.16. The lowest BCUT2D eigenvalue weighted by Gasteiger charge is -2.14. The molecule has 2 atom stereocenters. The van der Waals surface area contributed by atoms with Gasteiger partial charge in [0.15, 0.2) is 0 Å². The molecule has 3 heteroatoms. The lowest BCUT2D eigenvalue weighted by atomic mass is 10.1. The molecule has 0 aliphatic heterocycles. The molecule has 0 heterocycles. The van der Waals surface area contributed by atoms with E-state index in [0.717, 1.165) is 24.1 Å². The van der Waals surface area contributed by atoms with Crippen LogP contribution in [0.25, 0.3) is 0 Å². The highest BCUT2D eigenvalue weighted by atomic mass is 19.1. The third-order valence-electron chi connectivity index (χ3n) is 3.27. The lowest BCUT2D eigenvalue weighted by molar-refractivity contribution is 0.246. The Morgan fingerprint density at radius 2 is 2.24 bits per heavy atom. The van der Waals surface area contributed by atoms with Crippen LogP contribution in [0.1, 0.15) is 17.5 Å². The predicted octanol–water partition coefficient (Wildman–Crippen LogP) is 2.16. The Labute approximate surface area is 101 Å². The van der Waals surface area contributed by atoms with Gasteiger partial charge < -0.3 is 10.4 Å². The fraction of sp³-hybridized carbons (Fsp3) is 0.429. The topological polar surface area (TPSA) is 32.3 Å². The molecule has 0 fully saturated rings. The van der Waals surface area contributed by atoms with Gasteiger partial charge in [-0.3, -0.25) is 0 Å². The average Bonchev–Trinajstić information content (AvgIpc) is 2.76. The zero-order valence-electron chi connectivity index (χ0n) is 9.99. The second-order valence-electron chi connectivity index (χ2n) is 4.62. The summed E-state index contributed by atoms with van der Waals surface area (Å²) in [6, 6.07) is 5.18. The number of aliphatic hydroxyl groups is 1. The summed E-state index contributed by atoms with van der Waals surface area (Å²) in [4.78, 5) is 0. The van der Waals surface area contributed by atoms with Gasteiger partial charge in [-0.1, -0.05) is 18.2 Å². The van der Waals surface area contributed by atoms with Gasteiger partial charge in [-0.15, -0.1) is 0 Å². The van der Waals surface area contributed by atoms with E-state index in [0.29, 0.717) is 6.04 Å². The standard InChI is InChI=1S/C14H18FNO/c1-10-6-13(15)4-3-12(10)8-16-14-5-2-11(7-14)9-17/h2-6,11,14,16-17H,7-9H2,1H3/t11-,14+/m0/s1. The molecular weight excluding hydrogens is 217 g/mol. The van der Waals surface area contributed by atoms with E-state index < -0.39 is 0 Å². The molecule has 0 saturated carbocycles. The smallest absolute Gasteiger partial charge is 0.123 e. The zero-order valence-corrected chi connectivity index (χ0v) is 9.99. The van der Waals surface area contributed by atoms with E-state index in [1.54, 1.807) is 6.07 Å². The van der Waals surface area contributed by atoms with Gasteiger partial charge in [-0.2, -0.15) is 0 Å². The summed E-state index contributed by atoms with van der Waals surface area (Å²) in [5, 5.41) is 12.4. The first kappa shape index (κ1) is 12.3. The van der Waals surface area contributed by atoms with Gasteiger partial charge in [-0.25, -0.2) is 4.39 Å². The number of benzene rings is 1. The molecule has 1 aliphatic rings. The Balaban J connectivity index is 1.88. The molecule has 2 rings (SSSR count). The van der Waals surface area contributed by atoms with Crippen molar-refractivity contribution in [3.63, 3.8) is 0 Å². The van der Waals surface area contributed by atoms with Crippen molar-refractivity contribution in [2.24, 2.45) is 5.92 Å². The average molecular weight is 235 g/mol. The van der Waals surface area contributed by atoms with E-state index in [2.05, 4.69) is 17.5 Å². The van der Waals surface area contributed by atoms with Crippen LogP contribution < -0.4 is 5.32 Å². The first-order chi connectivity index (χ1) is 8.19. The van der Waals surface area contributed by atoms with E-state index >= 15 is 0 Å². The molecule has 0 bridgehead atoms. The quantitative estimate of drug-likeness (QED) is 0.784. The minimum absolute atomic E-state index is 0.188. The SMILES string of the molecule is Cc1cc(F)ccc1CN[C@@H]1C=C[C@H](CO)C1. The molecule has 0 amide bonds. The lowest BCUT2D eigenvalue weighted by Crippen LogP contribution is -2.26. The summed E-state index contributed by atoms with van der Waals surface area (Å²) in [6.07, 6.45) is 5.09. The molecular formula is C14H18FNO. The Morgan fingerprint density at radius 3 is 2.88 bits per heavy atom. The third-order valence-corrected chi connectivity index (χ3v) is 3.27. The van der Waals surface area contributed by atoms with Gasteiger partial charge in [0, 0.05) is 25.1 Å². The van der Waals surface area contributed by atoms with E-state index in [4.69, 9.17) is 5.11 Å². The summed E-state index contributed by atoms with van der Waals surface area (Å²) < 4.78 is 12.9. The summed E-state index contributed by atoms with van der Waals surface area (Å²) in [5.74, 6) is 0.0918. The Morgan fingerprint density at radius 1 is 1.41 bits per heavy atom. The molecule has 0 radical (unpaired) electrons. The van der Waals surface area contributed by atoms with Gasteiger partial charge in [0.2, 0.25) is 0 Å². The van der Waals surface area contributed by atoms with E-state index in [1.807, 2.05) is 13.0 Å². The monoisotopic (exact) mass is 235 g/mol. The molecule has 1 aromatic rings. The van der Waals surface area contributed by atoms with Gasteiger partial charge >= 0.3 is 0 Å². The minimum atomic E-state index is -0.188. The first-order valence-electron chi connectivity index (χ1n) is 5.96. The second kappa shape index (κ2) is 5.43. The van der Waals surface area contributed by atoms with Crippen molar-refractivity contribution in [1.29, 1.82) is 0 Å². The Kier molecular flexibility index (Phi) is 3.92. The Bertz CT molecular complexity index is 417. The van der Waals surface area contributed by atoms with Crippen LogP contribution in [-0.4, -0.2) is 17.8 Å². The fourth-order valence-corrected chi connectivity index (χ4v) is 2.16. The maximum Gasteiger partial charge on any atom is 0.123 e. The van der Waals surface area contributed by atoms with E-state index in [-0.39, 0.29) is 18.3 Å². The molecule has 0 saturated heterocycles. The van der Waals surface area contributed by atoms with Crippen LogP contribution >= 0.6 is 0 Å². The van der Waals surface area contributed by atoms with Gasteiger partial charge in [0.1, 0.15) is 5.82 Å². The van der Waals surface area contributed by atoms with Crippen molar-refractivity contribution in [1.82, 2.24) is 5.32 Å². The van der Waals surface area contributed by atoms with Crippen molar-refractivity contribution in [3.05, 3.63) is 47.3 Å². The summed E-state index contributed by atoms with van der Waals surface area (Å²) in [7, 11) is 0. The number of aryl methyl sites for hydroxylation is 1. The summed E-state index contributed by atoms with van der Waals surface area (Å²) in [5.41, 5.74) is 2.09. The van der Waals surface area contributed by atoms with Crippen molar-refractivity contribution in [2.45, 2.75) is 25.9 Å². The highest BCUT2D eigenvalue weighted by Crippen LogP contribution is 2.18. The van der Waals surface area contributed by atoms with Gasteiger partial charge in [0.25, 0.3) is 0 Å². The van der Waals surface area contributed by atoms with Crippen LogP contribution in [0.4, 0.5) is 4.39 Å². The molecule has 92 valence electrons. The van der Waals surface area contributed by atoms with E-state index in [1.165, 1.54) is 6.07 Å². The normalized spacial score (nSPS) is 23.2. The van der Waals surface area contributed by atoms with Crippen LogP contribution in [0.5, 0.6) is 0 Å².